The lowest BCUT2D eigenvalue weighted by Crippen LogP contribution is -2.36. The van der Waals surface area contributed by atoms with Crippen molar-refractivity contribution in [1.82, 2.24) is 4.90 Å². The zero-order valence-electron chi connectivity index (χ0n) is 11.3. The van der Waals surface area contributed by atoms with Crippen molar-refractivity contribution in [2.45, 2.75) is 32.0 Å². The smallest absolute Gasteiger partial charge is 0.406 e. The van der Waals surface area contributed by atoms with E-state index in [1.54, 1.807) is 12.1 Å². The molecule has 1 aliphatic rings. The lowest BCUT2D eigenvalue weighted by atomic mass is 10.0. The fourth-order valence-corrected chi connectivity index (χ4v) is 2.25. The van der Waals surface area contributed by atoms with Crippen LogP contribution in [0.4, 0.5) is 13.2 Å². The Morgan fingerprint density at radius 1 is 1.45 bits per heavy atom. The van der Waals surface area contributed by atoms with E-state index >= 15 is 0 Å². The highest BCUT2D eigenvalue weighted by molar-refractivity contribution is 5.78. The van der Waals surface area contributed by atoms with Crippen LogP contribution < -0.4 is 4.74 Å². The molecule has 0 saturated heterocycles. The second-order valence-electron chi connectivity index (χ2n) is 5.12. The summed E-state index contributed by atoms with van der Waals surface area (Å²) in [6, 6.07) is 5.32. The maximum Gasteiger partial charge on any atom is 0.406 e. The Kier molecular flexibility index (Phi) is 3.92. The first-order valence-corrected chi connectivity index (χ1v) is 6.34. The van der Waals surface area contributed by atoms with Crippen LogP contribution in [0.5, 0.6) is 5.75 Å². The van der Waals surface area contributed by atoms with E-state index in [1.165, 1.54) is 0 Å². The molecule has 1 amide bonds. The van der Waals surface area contributed by atoms with E-state index < -0.39 is 18.6 Å². The number of benzene rings is 1. The summed E-state index contributed by atoms with van der Waals surface area (Å²) in [5, 5.41) is 0. The number of likely N-dealkylation sites (N-methyl/N-ethyl adjacent to an activating group) is 1. The molecule has 6 heteroatoms. The summed E-state index contributed by atoms with van der Waals surface area (Å²) in [6.45, 7) is 0.721. The van der Waals surface area contributed by atoms with Gasteiger partial charge in [-0.2, -0.15) is 13.2 Å². The quantitative estimate of drug-likeness (QED) is 0.855. The lowest BCUT2D eigenvalue weighted by molar-refractivity contribution is -0.157. The van der Waals surface area contributed by atoms with Gasteiger partial charge < -0.3 is 9.64 Å². The number of halogens is 3. The number of hydrogen-bond acceptors (Lipinski definition) is 2. The van der Waals surface area contributed by atoms with Gasteiger partial charge in [-0.05, 0) is 24.1 Å². The van der Waals surface area contributed by atoms with E-state index in [1.807, 2.05) is 13.0 Å². The largest absolute Gasteiger partial charge is 0.490 e. The number of fused-ring (bicyclic) bond motifs is 1. The molecule has 1 heterocycles. The van der Waals surface area contributed by atoms with Crippen molar-refractivity contribution >= 4 is 5.91 Å². The molecular weight excluding hydrogens is 271 g/mol. The Hall–Kier alpha value is -1.72. The second kappa shape index (κ2) is 5.34. The highest BCUT2D eigenvalue weighted by Crippen LogP contribution is 2.29. The molecule has 0 radical (unpaired) electrons. The van der Waals surface area contributed by atoms with E-state index in [0.29, 0.717) is 10.5 Å². The fraction of sp³-hybridized carbons (Fsp3) is 0.500. The first-order chi connectivity index (χ1) is 9.24. The first-order valence-electron chi connectivity index (χ1n) is 6.34. The maximum absolute atomic E-state index is 12.2. The van der Waals surface area contributed by atoms with E-state index in [9.17, 15) is 18.0 Å². The Labute approximate surface area is 115 Å². The van der Waals surface area contributed by atoms with Gasteiger partial charge >= 0.3 is 6.18 Å². The molecule has 1 aromatic rings. The molecule has 1 atom stereocenters. The van der Waals surface area contributed by atoms with Gasteiger partial charge in [-0.15, -0.1) is 0 Å². The number of alkyl halides is 3. The molecule has 0 aliphatic carbocycles. The van der Waals surface area contributed by atoms with Gasteiger partial charge in [0.1, 0.15) is 18.4 Å². The van der Waals surface area contributed by atoms with Gasteiger partial charge in [-0.1, -0.05) is 12.1 Å². The van der Waals surface area contributed by atoms with Crippen LogP contribution in [0.1, 0.15) is 18.1 Å². The van der Waals surface area contributed by atoms with Crippen molar-refractivity contribution in [3.63, 3.8) is 0 Å². The Morgan fingerprint density at radius 2 is 2.15 bits per heavy atom. The van der Waals surface area contributed by atoms with E-state index in [-0.39, 0.29) is 12.5 Å². The average molecular weight is 287 g/mol. The van der Waals surface area contributed by atoms with Crippen molar-refractivity contribution in [2.24, 2.45) is 0 Å². The van der Waals surface area contributed by atoms with Crippen LogP contribution in [0.15, 0.2) is 18.2 Å². The number of rotatable bonds is 3. The van der Waals surface area contributed by atoms with Gasteiger partial charge in [0.05, 0.1) is 6.42 Å². The van der Waals surface area contributed by atoms with Crippen LogP contribution in [0.3, 0.4) is 0 Å². The maximum atomic E-state index is 12.2. The third kappa shape index (κ3) is 3.65. The minimum atomic E-state index is -4.37. The molecule has 20 heavy (non-hydrogen) atoms. The summed E-state index contributed by atoms with van der Waals surface area (Å²) < 4.78 is 42.2. The number of carbonyl (C=O) groups is 1. The number of amides is 1. The molecule has 0 bridgehead atoms. The summed E-state index contributed by atoms with van der Waals surface area (Å²) in [6.07, 6.45) is -3.54. The van der Waals surface area contributed by atoms with Crippen LogP contribution in [-0.2, 0) is 17.6 Å². The van der Waals surface area contributed by atoms with Crippen LogP contribution in [-0.4, -0.2) is 36.7 Å². The van der Waals surface area contributed by atoms with Crippen molar-refractivity contribution < 1.29 is 22.7 Å². The summed E-state index contributed by atoms with van der Waals surface area (Å²) in [5.74, 6) is 0.242. The highest BCUT2D eigenvalue weighted by Gasteiger charge is 2.31. The summed E-state index contributed by atoms with van der Waals surface area (Å²) >= 11 is 0. The van der Waals surface area contributed by atoms with Crippen molar-refractivity contribution in [1.29, 1.82) is 0 Å². The van der Waals surface area contributed by atoms with Crippen LogP contribution in [0.2, 0.25) is 0 Å². The minimum Gasteiger partial charge on any atom is -0.490 e. The molecule has 2 rings (SSSR count). The van der Waals surface area contributed by atoms with Gasteiger partial charge in [0, 0.05) is 13.5 Å². The van der Waals surface area contributed by atoms with Crippen LogP contribution in [0.25, 0.3) is 0 Å². The highest BCUT2D eigenvalue weighted by atomic mass is 19.4. The summed E-state index contributed by atoms with van der Waals surface area (Å²) in [5.41, 5.74) is 1.71. The first kappa shape index (κ1) is 14.7. The van der Waals surface area contributed by atoms with Crippen molar-refractivity contribution in [3.05, 3.63) is 29.3 Å². The standard InChI is InChI=1S/C14H16F3NO2/c1-9-5-11-6-10(3-4-12(11)20-9)7-13(19)18(2)8-14(15,16)17/h3-4,6,9H,5,7-8H2,1-2H3. The van der Waals surface area contributed by atoms with Crippen LogP contribution >= 0.6 is 0 Å². The van der Waals surface area contributed by atoms with E-state index in [4.69, 9.17) is 4.74 Å². The molecule has 0 N–H and O–H groups in total. The Bertz CT molecular complexity index is 514. The van der Waals surface area contributed by atoms with Gasteiger partial charge in [0.15, 0.2) is 0 Å². The van der Waals surface area contributed by atoms with Crippen LogP contribution in [0, 0.1) is 0 Å². The molecule has 0 fully saturated rings. The third-order valence-electron chi connectivity index (χ3n) is 3.16. The number of hydrogen-bond donors (Lipinski definition) is 0. The van der Waals surface area contributed by atoms with E-state index in [2.05, 4.69) is 0 Å². The zero-order chi connectivity index (χ0) is 14.9. The van der Waals surface area contributed by atoms with Gasteiger partial charge in [-0.3, -0.25) is 4.79 Å². The minimum absolute atomic E-state index is 0.0335. The monoisotopic (exact) mass is 287 g/mol. The van der Waals surface area contributed by atoms with Crippen molar-refractivity contribution in [2.75, 3.05) is 13.6 Å². The summed E-state index contributed by atoms with van der Waals surface area (Å²) in [4.78, 5) is 12.5. The molecule has 1 aromatic carbocycles. The molecule has 0 aromatic heterocycles. The number of nitrogens with zero attached hydrogens (tertiary/aromatic N) is 1. The van der Waals surface area contributed by atoms with Crippen molar-refractivity contribution in [3.8, 4) is 5.75 Å². The average Bonchev–Trinajstić information content (AvgIpc) is 2.66. The normalized spacial score (nSPS) is 17.6. The van der Waals surface area contributed by atoms with E-state index in [0.717, 1.165) is 24.8 Å². The number of ether oxygens (including phenoxy) is 1. The van der Waals surface area contributed by atoms with Gasteiger partial charge in [-0.25, -0.2) is 0 Å². The predicted molar refractivity (Wildman–Crippen MR) is 67.6 cm³/mol. The third-order valence-corrected chi connectivity index (χ3v) is 3.16. The van der Waals surface area contributed by atoms with Gasteiger partial charge in [0.25, 0.3) is 0 Å². The fourth-order valence-electron chi connectivity index (χ4n) is 2.25. The topological polar surface area (TPSA) is 29.5 Å². The predicted octanol–water partition coefficient (Wildman–Crippen LogP) is 2.57. The molecule has 0 saturated carbocycles. The zero-order valence-corrected chi connectivity index (χ0v) is 11.3. The molecule has 1 aliphatic heterocycles. The molecule has 3 nitrogen and oxygen atoms in total. The summed E-state index contributed by atoms with van der Waals surface area (Å²) in [7, 11) is 1.16. The Morgan fingerprint density at radius 3 is 2.80 bits per heavy atom. The lowest BCUT2D eigenvalue weighted by Gasteiger charge is -2.19. The SMILES string of the molecule is CC1Cc2cc(CC(=O)N(C)CC(F)(F)F)ccc2O1. The Balaban J connectivity index is 2.00. The second-order valence-corrected chi connectivity index (χ2v) is 5.12. The van der Waals surface area contributed by atoms with Gasteiger partial charge in [0.2, 0.25) is 5.91 Å². The molecular formula is C14H16F3NO2. The molecule has 110 valence electrons. The number of carbonyl (C=O) groups excluding carboxylic acids is 1. The molecule has 1 unspecified atom stereocenters. The molecule has 0 spiro atoms.